The number of halogens is 1. The molecular formula is C20H12BrN3O3S2. The molecule has 1 aromatic heterocycles. The second-order valence-electron chi connectivity index (χ2n) is 6.10. The zero-order chi connectivity index (χ0) is 20.5. The number of rotatable bonds is 3. The van der Waals surface area contributed by atoms with Crippen molar-refractivity contribution in [1.82, 2.24) is 15.4 Å². The summed E-state index contributed by atoms with van der Waals surface area (Å²) in [6, 6.07) is 15.6. The molecule has 3 aromatic rings. The highest BCUT2D eigenvalue weighted by Crippen LogP contribution is 2.31. The number of amides is 2. The summed E-state index contributed by atoms with van der Waals surface area (Å²) >= 11 is 9.72. The van der Waals surface area contributed by atoms with Gasteiger partial charge in [-0.25, -0.2) is 0 Å². The number of nitrogens with one attached hydrogen (secondary N) is 2. The molecule has 0 spiro atoms. The van der Waals surface area contributed by atoms with E-state index >= 15 is 0 Å². The van der Waals surface area contributed by atoms with E-state index in [1.807, 2.05) is 24.3 Å². The van der Waals surface area contributed by atoms with Gasteiger partial charge in [-0.2, -0.15) is 5.01 Å². The van der Waals surface area contributed by atoms with Crippen LogP contribution in [0.15, 0.2) is 68.8 Å². The number of hydrogen-bond acceptors (Lipinski definition) is 5. The van der Waals surface area contributed by atoms with Crippen LogP contribution >= 0.6 is 39.9 Å². The number of thioether (sulfide) groups is 1. The summed E-state index contributed by atoms with van der Waals surface area (Å²) in [5.74, 6) is -1.01. The van der Waals surface area contributed by atoms with Crippen LogP contribution in [0.25, 0.3) is 17.0 Å². The molecule has 9 heteroatoms. The van der Waals surface area contributed by atoms with Gasteiger partial charge in [-0.1, -0.05) is 58.0 Å². The van der Waals surface area contributed by atoms with Crippen molar-refractivity contribution in [2.24, 2.45) is 0 Å². The molecule has 4 rings (SSSR count). The first-order chi connectivity index (χ1) is 13.9. The van der Waals surface area contributed by atoms with Crippen molar-refractivity contribution in [3.63, 3.8) is 0 Å². The third-order valence-electron chi connectivity index (χ3n) is 4.17. The number of H-pyrrole nitrogens is 1. The number of carbonyl (C=O) groups is 2. The topological polar surface area (TPSA) is 82.3 Å². The molecule has 0 unspecified atom stereocenters. The van der Waals surface area contributed by atoms with E-state index in [0.717, 1.165) is 26.8 Å². The number of carbonyl (C=O) groups excluding carboxylic acids is 2. The molecule has 0 radical (unpaired) electrons. The summed E-state index contributed by atoms with van der Waals surface area (Å²) in [5.41, 5.74) is 3.64. The molecule has 2 N–H and O–H groups in total. The number of para-hydroxylation sites is 1. The van der Waals surface area contributed by atoms with E-state index in [1.54, 1.807) is 30.3 Å². The molecule has 29 heavy (non-hydrogen) atoms. The summed E-state index contributed by atoms with van der Waals surface area (Å²) in [6.45, 7) is 0. The first-order valence-corrected chi connectivity index (χ1v) is 10.4. The lowest BCUT2D eigenvalue weighted by Gasteiger charge is -2.16. The maximum Gasteiger partial charge on any atom is 0.285 e. The first-order valence-electron chi connectivity index (χ1n) is 8.39. The first kappa shape index (κ1) is 19.6. The second-order valence-corrected chi connectivity index (χ2v) is 8.69. The number of hydrogen-bond donors (Lipinski definition) is 2. The highest BCUT2D eigenvalue weighted by molar-refractivity contribution is 9.10. The predicted octanol–water partition coefficient (Wildman–Crippen LogP) is 3.84. The van der Waals surface area contributed by atoms with Gasteiger partial charge in [-0.3, -0.25) is 19.8 Å². The van der Waals surface area contributed by atoms with E-state index in [1.165, 1.54) is 6.07 Å². The highest BCUT2D eigenvalue weighted by Gasteiger charge is 2.34. The Balaban J connectivity index is 1.61. The average Bonchev–Trinajstić information content (AvgIpc) is 2.96. The van der Waals surface area contributed by atoms with E-state index in [4.69, 9.17) is 12.2 Å². The number of aromatic amines is 1. The van der Waals surface area contributed by atoms with Gasteiger partial charge in [0, 0.05) is 21.4 Å². The Morgan fingerprint density at radius 2 is 1.86 bits per heavy atom. The fourth-order valence-electron chi connectivity index (χ4n) is 2.83. The molecule has 2 amide bonds. The highest BCUT2D eigenvalue weighted by atomic mass is 79.9. The van der Waals surface area contributed by atoms with Gasteiger partial charge in [-0.15, -0.1) is 0 Å². The fourth-order valence-corrected chi connectivity index (χ4v) is 4.27. The van der Waals surface area contributed by atoms with E-state index < -0.39 is 17.4 Å². The Bertz CT molecular complexity index is 1250. The molecular weight excluding hydrogens is 474 g/mol. The zero-order valence-corrected chi connectivity index (χ0v) is 17.9. The molecule has 1 aliphatic heterocycles. The van der Waals surface area contributed by atoms with Crippen molar-refractivity contribution in [2.45, 2.75) is 0 Å². The molecule has 2 heterocycles. The predicted molar refractivity (Wildman–Crippen MR) is 121 cm³/mol. The van der Waals surface area contributed by atoms with E-state index in [2.05, 4.69) is 26.3 Å². The van der Waals surface area contributed by atoms with Crippen molar-refractivity contribution in [3.05, 3.63) is 85.5 Å². The largest absolute Gasteiger partial charge is 0.322 e. The Morgan fingerprint density at radius 3 is 2.62 bits per heavy atom. The minimum atomic E-state index is -0.589. The molecule has 0 aliphatic carbocycles. The van der Waals surface area contributed by atoms with Crippen molar-refractivity contribution in [1.29, 1.82) is 0 Å². The van der Waals surface area contributed by atoms with Crippen molar-refractivity contribution < 1.29 is 9.59 Å². The lowest BCUT2D eigenvalue weighted by Crippen LogP contribution is -2.45. The Labute approximate surface area is 183 Å². The maximum atomic E-state index is 12.8. The van der Waals surface area contributed by atoms with Crippen LogP contribution in [0.2, 0.25) is 0 Å². The van der Waals surface area contributed by atoms with Crippen LogP contribution in [0.1, 0.15) is 15.9 Å². The SMILES string of the molecule is O=C(NN1C(=O)/C(=C/c2ccc(Br)cc2)SC1=S)c1cc(=O)[nH]c2ccccc12. The minimum Gasteiger partial charge on any atom is -0.322 e. The lowest BCUT2D eigenvalue weighted by molar-refractivity contribution is -0.123. The zero-order valence-electron chi connectivity index (χ0n) is 14.6. The summed E-state index contributed by atoms with van der Waals surface area (Å²) in [4.78, 5) is 40.5. The lowest BCUT2D eigenvalue weighted by atomic mass is 10.1. The summed E-state index contributed by atoms with van der Waals surface area (Å²) in [5, 5.41) is 1.60. The molecule has 0 saturated carbocycles. The molecule has 144 valence electrons. The van der Waals surface area contributed by atoms with Gasteiger partial charge in [0.1, 0.15) is 0 Å². The van der Waals surface area contributed by atoms with Crippen LogP contribution in [0.3, 0.4) is 0 Å². The number of nitrogens with zero attached hydrogens (tertiary/aromatic N) is 1. The molecule has 1 aliphatic rings. The Morgan fingerprint density at radius 1 is 1.14 bits per heavy atom. The van der Waals surface area contributed by atoms with Crippen LogP contribution in [0.5, 0.6) is 0 Å². The smallest absolute Gasteiger partial charge is 0.285 e. The normalized spacial score (nSPS) is 15.3. The van der Waals surface area contributed by atoms with Crippen LogP contribution < -0.4 is 11.0 Å². The van der Waals surface area contributed by atoms with Gasteiger partial charge in [0.2, 0.25) is 5.56 Å². The van der Waals surface area contributed by atoms with Crippen molar-refractivity contribution in [3.8, 4) is 0 Å². The summed E-state index contributed by atoms with van der Waals surface area (Å²) in [7, 11) is 0. The average molecular weight is 486 g/mol. The molecule has 6 nitrogen and oxygen atoms in total. The fraction of sp³-hybridized carbons (Fsp3) is 0. The van der Waals surface area contributed by atoms with Crippen LogP contribution in [0.4, 0.5) is 0 Å². The molecule has 0 bridgehead atoms. The van der Waals surface area contributed by atoms with Crippen LogP contribution in [-0.4, -0.2) is 26.1 Å². The number of aromatic nitrogens is 1. The van der Waals surface area contributed by atoms with Gasteiger partial charge in [-0.05, 0) is 42.1 Å². The summed E-state index contributed by atoms with van der Waals surface area (Å²) in [6.07, 6.45) is 1.71. The van der Waals surface area contributed by atoms with E-state index in [-0.39, 0.29) is 9.88 Å². The minimum absolute atomic E-state index is 0.162. The maximum absolute atomic E-state index is 12.8. The van der Waals surface area contributed by atoms with Gasteiger partial charge in [0.05, 0.1) is 10.5 Å². The molecule has 0 atom stereocenters. The number of pyridine rings is 1. The molecule has 1 fully saturated rings. The number of thiocarbonyl (C=S) groups is 1. The Kier molecular flexibility index (Phi) is 5.35. The number of hydrazine groups is 1. The molecule has 1 saturated heterocycles. The summed E-state index contributed by atoms with van der Waals surface area (Å²) < 4.78 is 1.14. The monoisotopic (exact) mass is 485 g/mol. The van der Waals surface area contributed by atoms with Crippen molar-refractivity contribution >= 4 is 73.0 Å². The standard InChI is InChI=1S/C20H12BrN3O3S2/c21-12-7-5-11(6-8-12)9-16-19(27)24(20(28)29-16)23-18(26)14-10-17(25)22-15-4-2-1-3-13(14)15/h1-10H,(H,22,25)(H,23,26)/b16-9-. The van der Waals surface area contributed by atoms with E-state index in [9.17, 15) is 14.4 Å². The van der Waals surface area contributed by atoms with Crippen LogP contribution in [-0.2, 0) is 4.79 Å². The molecule has 2 aromatic carbocycles. The third-order valence-corrected chi connectivity index (χ3v) is 6.00. The van der Waals surface area contributed by atoms with Gasteiger partial charge in [0.25, 0.3) is 11.8 Å². The van der Waals surface area contributed by atoms with Gasteiger partial charge in [0.15, 0.2) is 4.32 Å². The second kappa shape index (κ2) is 7.94. The van der Waals surface area contributed by atoms with Crippen molar-refractivity contribution in [2.75, 3.05) is 0 Å². The van der Waals surface area contributed by atoms with Gasteiger partial charge >= 0.3 is 0 Å². The van der Waals surface area contributed by atoms with E-state index in [0.29, 0.717) is 15.8 Å². The Hall–Kier alpha value is -2.75. The number of fused-ring (bicyclic) bond motifs is 1. The third kappa shape index (κ3) is 4.02. The number of benzene rings is 2. The quantitative estimate of drug-likeness (QED) is 0.435. The van der Waals surface area contributed by atoms with Gasteiger partial charge < -0.3 is 4.98 Å². The van der Waals surface area contributed by atoms with Crippen LogP contribution in [0, 0.1) is 0 Å².